The second-order valence-corrected chi connectivity index (χ2v) is 4.81. The lowest BCUT2D eigenvalue weighted by atomic mass is 9.96. The number of hydrogen-bond donors (Lipinski definition) is 1. The minimum Gasteiger partial charge on any atom is -0.469 e. The molecule has 0 bridgehead atoms. The van der Waals surface area contributed by atoms with Crippen LogP contribution in [0.1, 0.15) is 33.7 Å². The lowest BCUT2D eigenvalue weighted by molar-refractivity contribution is -0.116. The second kappa shape index (κ2) is 4.59. The van der Waals surface area contributed by atoms with Crippen LogP contribution in [0.25, 0.3) is 0 Å². The van der Waals surface area contributed by atoms with E-state index in [0.29, 0.717) is 29.9 Å². The molecule has 0 radical (unpaired) electrons. The minimum atomic E-state index is -0.644. The summed E-state index contributed by atoms with van der Waals surface area (Å²) in [5, 5.41) is 2.60. The maximum absolute atomic E-state index is 14.0. The first-order chi connectivity index (χ1) is 9.54. The van der Waals surface area contributed by atoms with Crippen LogP contribution < -0.4 is 5.32 Å². The molecule has 4 nitrogen and oxygen atoms in total. The lowest BCUT2D eigenvalue weighted by Gasteiger charge is -2.17. The molecule has 0 fully saturated rings. The third kappa shape index (κ3) is 2.11. The smallest absolute Gasteiger partial charge is 0.224 e. The molecule has 5 heteroatoms. The Morgan fingerprint density at radius 3 is 2.80 bits per heavy atom. The maximum Gasteiger partial charge on any atom is 0.224 e. The molecule has 3 rings (SSSR count). The first kappa shape index (κ1) is 12.6. The number of ketones is 1. The van der Waals surface area contributed by atoms with E-state index in [1.54, 1.807) is 13.0 Å². The van der Waals surface area contributed by atoms with E-state index in [4.69, 9.17) is 4.42 Å². The topological polar surface area (TPSA) is 59.3 Å². The number of aryl methyl sites for hydroxylation is 2. The molecular formula is C15H12FNO3. The van der Waals surface area contributed by atoms with Crippen molar-refractivity contribution < 1.29 is 18.4 Å². The largest absolute Gasteiger partial charge is 0.469 e. The third-order valence-corrected chi connectivity index (χ3v) is 3.33. The summed E-state index contributed by atoms with van der Waals surface area (Å²) >= 11 is 0. The number of fused-ring (bicyclic) bond motifs is 1. The molecule has 1 N–H and O–H groups in total. The summed E-state index contributed by atoms with van der Waals surface area (Å²) in [5.74, 6) is -0.603. The summed E-state index contributed by atoms with van der Waals surface area (Å²) in [6, 6.07) is 4.28. The number of halogens is 1. The van der Waals surface area contributed by atoms with Crippen LogP contribution in [0.15, 0.2) is 28.9 Å². The van der Waals surface area contributed by atoms with Crippen LogP contribution in [0.2, 0.25) is 0 Å². The highest BCUT2D eigenvalue weighted by atomic mass is 19.1. The predicted octanol–water partition coefficient (Wildman–Crippen LogP) is 2.84. The number of anilines is 1. The zero-order valence-electron chi connectivity index (χ0n) is 10.8. The fourth-order valence-corrected chi connectivity index (χ4v) is 2.29. The van der Waals surface area contributed by atoms with Crippen molar-refractivity contribution in [3.63, 3.8) is 0 Å². The predicted molar refractivity (Wildman–Crippen MR) is 70.2 cm³/mol. The Morgan fingerprint density at radius 1 is 1.30 bits per heavy atom. The quantitative estimate of drug-likeness (QED) is 0.856. The standard InChI is InChI=1S/C15H12FNO3/c1-8-4-10(7-20-8)15(19)11-5-9-2-3-14(18)17-13(9)6-12(11)16/h4-7H,2-3H2,1H3,(H,17,18). The van der Waals surface area contributed by atoms with Crippen molar-refractivity contribution in [2.45, 2.75) is 19.8 Å². The maximum atomic E-state index is 14.0. The number of benzene rings is 1. The Kier molecular flexibility index (Phi) is 2.89. The number of carbonyl (C=O) groups is 2. The Balaban J connectivity index is 2.02. The Bertz CT molecular complexity index is 718. The Morgan fingerprint density at radius 2 is 2.10 bits per heavy atom. The van der Waals surface area contributed by atoms with Gasteiger partial charge in [-0.2, -0.15) is 0 Å². The van der Waals surface area contributed by atoms with Crippen LogP contribution in [0, 0.1) is 12.7 Å². The van der Waals surface area contributed by atoms with Gasteiger partial charge in [0.25, 0.3) is 0 Å². The molecule has 1 aliphatic rings. The van der Waals surface area contributed by atoms with Crippen molar-refractivity contribution in [1.82, 2.24) is 0 Å². The van der Waals surface area contributed by atoms with Gasteiger partial charge in [-0.3, -0.25) is 9.59 Å². The van der Waals surface area contributed by atoms with E-state index >= 15 is 0 Å². The van der Waals surface area contributed by atoms with Crippen molar-refractivity contribution in [2.75, 3.05) is 5.32 Å². The molecule has 20 heavy (non-hydrogen) atoms. The number of rotatable bonds is 2. The van der Waals surface area contributed by atoms with Crippen LogP contribution in [-0.4, -0.2) is 11.7 Å². The zero-order valence-corrected chi connectivity index (χ0v) is 10.8. The SMILES string of the molecule is Cc1cc(C(=O)c2cc3c(cc2F)NC(=O)CC3)co1. The van der Waals surface area contributed by atoms with E-state index in [2.05, 4.69) is 5.32 Å². The van der Waals surface area contributed by atoms with E-state index in [0.717, 1.165) is 5.56 Å². The van der Waals surface area contributed by atoms with Crippen LogP contribution in [0.3, 0.4) is 0 Å². The molecule has 1 amide bonds. The normalized spacial score (nSPS) is 13.8. The van der Waals surface area contributed by atoms with Gasteiger partial charge in [0.1, 0.15) is 17.8 Å². The number of carbonyl (C=O) groups excluding carboxylic acids is 2. The molecule has 0 saturated carbocycles. The van der Waals surface area contributed by atoms with Gasteiger partial charge in [0.2, 0.25) is 5.91 Å². The van der Waals surface area contributed by atoms with Gasteiger partial charge < -0.3 is 9.73 Å². The third-order valence-electron chi connectivity index (χ3n) is 3.33. The summed E-state index contributed by atoms with van der Waals surface area (Å²) < 4.78 is 19.1. The molecular weight excluding hydrogens is 261 g/mol. The molecule has 1 aromatic heterocycles. The molecule has 102 valence electrons. The van der Waals surface area contributed by atoms with Crippen LogP contribution in [-0.2, 0) is 11.2 Å². The molecule has 0 saturated heterocycles. The highest BCUT2D eigenvalue weighted by Crippen LogP contribution is 2.27. The number of hydrogen-bond acceptors (Lipinski definition) is 3. The highest BCUT2D eigenvalue weighted by molar-refractivity contribution is 6.09. The van der Waals surface area contributed by atoms with Crippen molar-refractivity contribution >= 4 is 17.4 Å². The van der Waals surface area contributed by atoms with Gasteiger partial charge in [-0.15, -0.1) is 0 Å². The van der Waals surface area contributed by atoms with Crippen molar-refractivity contribution in [2.24, 2.45) is 0 Å². The lowest BCUT2D eigenvalue weighted by Crippen LogP contribution is -2.20. The molecule has 0 spiro atoms. The van der Waals surface area contributed by atoms with Gasteiger partial charge in [-0.1, -0.05) is 0 Å². The minimum absolute atomic E-state index is 0.000647. The van der Waals surface area contributed by atoms with E-state index in [1.165, 1.54) is 18.4 Å². The van der Waals surface area contributed by atoms with E-state index in [1.807, 2.05) is 0 Å². The molecule has 0 unspecified atom stereocenters. The van der Waals surface area contributed by atoms with Gasteiger partial charge in [0.05, 0.1) is 11.1 Å². The summed E-state index contributed by atoms with van der Waals surface area (Å²) in [6.07, 6.45) is 2.17. The first-order valence-electron chi connectivity index (χ1n) is 6.26. The van der Waals surface area contributed by atoms with Crippen LogP contribution in [0.4, 0.5) is 10.1 Å². The van der Waals surface area contributed by atoms with Gasteiger partial charge in [0, 0.05) is 12.1 Å². The highest BCUT2D eigenvalue weighted by Gasteiger charge is 2.22. The fraction of sp³-hybridized carbons (Fsp3) is 0.200. The molecule has 2 heterocycles. The summed E-state index contributed by atoms with van der Waals surface area (Å²) in [4.78, 5) is 23.5. The van der Waals surface area contributed by atoms with Gasteiger partial charge in [-0.25, -0.2) is 4.39 Å². The molecule has 0 atom stereocenters. The Hall–Kier alpha value is -2.43. The van der Waals surface area contributed by atoms with Crippen LogP contribution >= 0.6 is 0 Å². The van der Waals surface area contributed by atoms with Crippen molar-refractivity contribution in [3.8, 4) is 0 Å². The molecule has 2 aromatic rings. The summed E-state index contributed by atoms with van der Waals surface area (Å²) in [6.45, 7) is 1.72. The first-order valence-corrected chi connectivity index (χ1v) is 6.26. The van der Waals surface area contributed by atoms with E-state index in [-0.39, 0.29) is 11.5 Å². The molecule has 1 aromatic carbocycles. The summed E-state index contributed by atoms with van der Waals surface area (Å²) in [7, 11) is 0. The summed E-state index contributed by atoms with van der Waals surface area (Å²) in [5.41, 5.74) is 1.54. The fourth-order valence-electron chi connectivity index (χ4n) is 2.29. The average Bonchev–Trinajstić information content (AvgIpc) is 2.84. The van der Waals surface area contributed by atoms with E-state index < -0.39 is 11.6 Å². The van der Waals surface area contributed by atoms with Crippen LogP contribution in [0.5, 0.6) is 0 Å². The molecule has 1 aliphatic heterocycles. The van der Waals surface area contributed by atoms with Crippen molar-refractivity contribution in [3.05, 3.63) is 52.7 Å². The van der Waals surface area contributed by atoms with E-state index in [9.17, 15) is 14.0 Å². The number of nitrogens with one attached hydrogen (secondary N) is 1. The molecule has 0 aliphatic carbocycles. The van der Waals surface area contributed by atoms with Gasteiger partial charge in [0.15, 0.2) is 5.78 Å². The van der Waals surface area contributed by atoms with Crippen molar-refractivity contribution in [1.29, 1.82) is 0 Å². The van der Waals surface area contributed by atoms with Gasteiger partial charge in [-0.05, 0) is 37.1 Å². The average molecular weight is 273 g/mol. The second-order valence-electron chi connectivity index (χ2n) is 4.81. The van der Waals surface area contributed by atoms with Gasteiger partial charge >= 0.3 is 0 Å². The monoisotopic (exact) mass is 273 g/mol. The zero-order chi connectivity index (χ0) is 14.3. The number of furan rings is 1. The number of amides is 1. The Labute approximate surface area is 114 Å².